The number of carbonyl (C=O) groups excluding carboxylic acids is 1. The predicted molar refractivity (Wildman–Crippen MR) is 78.6 cm³/mol. The van der Waals surface area contributed by atoms with Crippen LogP contribution in [0.25, 0.3) is 10.9 Å². The Morgan fingerprint density at radius 2 is 2.16 bits per heavy atom. The minimum Gasteiger partial charge on any atom is -0.352 e. The maximum absolute atomic E-state index is 11.9. The van der Waals surface area contributed by atoms with Crippen molar-refractivity contribution in [3.8, 4) is 0 Å². The van der Waals surface area contributed by atoms with Crippen LogP contribution < -0.4 is 5.32 Å². The molecule has 0 aliphatic heterocycles. The summed E-state index contributed by atoms with van der Waals surface area (Å²) in [4.78, 5) is 16.2. The molecule has 1 N–H and O–H groups in total. The topological polar surface area (TPSA) is 42.0 Å². The Kier molecular flexibility index (Phi) is 4.74. The molecule has 19 heavy (non-hydrogen) atoms. The Balaban J connectivity index is 2.08. The van der Waals surface area contributed by atoms with Crippen LogP contribution in [0.4, 0.5) is 0 Å². The smallest absolute Gasteiger partial charge is 0.252 e. The summed E-state index contributed by atoms with van der Waals surface area (Å²) >= 11 is 5.90. The number of fused-ring (bicyclic) bond motifs is 1. The van der Waals surface area contributed by atoms with Gasteiger partial charge in [-0.2, -0.15) is 0 Å². The summed E-state index contributed by atoms with van der Waals surface area (Å²) in [6.45, 7) is 2.85. The highest BCUT2D eigenvalue weighted by Crippen LogP contribution is 2.18. The molecule has 0 fully saturated rings. The van der Waals surface area contributed by atoms with Crippen molar-refractivity contribution in [1.29, 1.82) is 0 Å². The number of hydrogen-bond donors (Lipinski definition) is 1. The van der Waals surface area contributed by atoms with Crippen molar-refractivity contribution >= 4 is 28.4 Å². The molecule has 100 valence electrons. The number of pyridine rings is 1. The van der Waals surface area contributed by atoms with Gasteiger partial charge in [-0.05, 0) is 24.6 Å². The van der Waals surface area contributed by atoms with E-state index in [0.29, 0.717) is 17.1 Å². The molecule has 0 aliphatic rings. The second-order valence-electron chi connectivity index (χ2n) is 4.52. The molecule has 2 rings (SSSR count). The predicted octanol–water partition coefficient (Wildman–Crippen LogP) is 3.81. The minimum absolute atomic E-state index is 0.0690. The summed E-state index contributed by atoms with van der Waals surface area (Å²) in [7, 11) is 0. The zero-order valence-corrected chi connectivity index (χ0v) is 11.7. The molecule has 1 heterocycles. The summed E-state index contributed by atoms with van der Waals surface area (Å²) in [6, 6.07) is 7.31. The largest absolute Gasteiger partial charge is 0.352 e. The van der Waals surface area contributed by atoms with Gasteiger partial charge in [0.2, 0.25) is 0 Å². The van der Waals surface area contributed by atoms with Gasteiger partial charge < -0.3 is 5.32 Å². The lowest BCUT2D eigenvalue weighted by atomic mass is 10.1. The van der Waals surface area contributed by atoms with Crippen molar-refractivity contribution in [2.45, 2.75) is 26.2 Å². The number of halogens is 1. The lowest BCUT2D eigenvalue weighted by Crippen LogP contribution is -2.24. The van der Waals surface area contributed by atoms with Gasteiger partial charge in [-0.25, -0.2) is 0 Å². The number of nitrogens with one attached hydrogen (secondary N) is 1. The zero-order valence-electron chi connectivity index (χ0n) is 10.9. The SMILES string of the molecule is CCCCCNC(=O)c1cnc2cc(Cl)ccc2c1. The first-order valence-corrected chi connectivity index (χ1v) is 6.92. The third kappa shape index (κ3) is 3.67. The van der Waals surface area contributed by atoms with E-state index in [-0.39, 0.29) is 5.91 Å². The van der Waals surface area contributed by atoms with E-state index in [9.17, 15) is 4.79 Å². The monoisotopic (exact) mass is 276 g/mol. The molecule has 1 amide bonds. The van der Waals surface area contributed by atoms with E-state index in [1.54, 1.807) is 18.3 Å². The van der Waals surface area contributed by atoms with E-state index in [0.717, 1.165) is 30.2 Å². The molecule has 0 radical (unpaired) electrons. The van der Waals surface area contributed by atoms with Gasteiger partial charge in [0.15, 0.2) is 0 Å². The van der Waals surface area contributed by atoms with Gasteiger partial charge in [-0.3, -0.25) is 9.78 Å². The van der Waals surface area contributed by atoms with Crippen LogP contribution in [-0.4, -0.2) is 17.4 Å². The molecule has 0 spiro atoms. The van der Waals surface area contributed by atoms with Crippen molar-refractivity contribution < 1.29 is 4.79 Å². The minimum atomic E-state index is -0.0690. The Morgan fingerprint density at radius 1 is 1.32 bits per heavy atom. The summed E-state index contributed by atoms with van der Waals surface area (Å²) in [5.74, 6) is -0.0690. The van der Waals surface area contributed by atoms with Crippen LogP contribution in [0.2, 0.25) is 5.02 Å². The molecule has 0 unspecified atom stereocenters. The first-order chi connectivity index (χ1) is 9.20. The Hall–Kier alpha value is -1.61. The van der Waals surface area contributed by atoms with E-state index >= 15 is 0 Å². The lowest BCUT2D eigenvalue weighted by Gasteiger charge is -2.05. The second kappa shape index (κ2) is 6.53. The lowest BCUT2D eigenvalue weighted by molar-refractivity contribution is 0.0953. The van der Waals surface area contributed by atoms with E-state index < -0.39 is 0 Å². The number of aromatic nitrogens is 1. The van der Waals surface area contributed by atoms with Crippen molar-refractivity contribution in [2.75, 3.05) is 6.54 Å². The first-order valence-electron chi connectivity index (χ1n) is 6.54. The number of unbranched alkanes of at least 4 members (excludes halogenated alkanes) is 2. The molecule has 1 aromatic carbocycles. The van der Waals surface area contributed by atoms with Crippen LogP contribution in [0.3, 0.4) is 0 Å². The summed E-state index contributed by atoms with van der Waals surface area (Å²) in [5, 5.41) is 4.48. The van der Waals surface area contributed by atoms with Gasteiger partial charge in [-0.1, -0.05) is 37.4 Å². The first kappa shape index (κ1) is 13.8. The second-order valence-corrected chi connectivity index (χ2v) is 4.96. The highest BCUT2D eigenvalue weighted by Gasteiger charge is 2.06. The number of amides is 1. The molecule has 1 aromatic heterocycles. The number of hydrogen-bond acceptors (Lipinski definition) is 2. The zero-order chi connectivity index (χ0) is 13.7. The highest BCUT2D eigenvalue weighted by atomic mass is 35.5. The summed E-state index contributed by atoms with van der Waals surface area (Å²) < 4.78 is 0. The van der Waals surface area contributed by atoms with Crippen molar-refractivity contribution in [3.05, 3.63) is 41.0 Å². The van der Waals surface area contributed by atoms with Gasteiger partial charge in [0.05, 0.1) is 11.1 Å². The van der Waals surface area contributed by atoms with Crippen LogP contribution >= 0.6 is 11.6 Å². The van der Waals surface area contributed by atoms with Crippen LogP contribution in [-0.2, 0) is 0 Å². The number of rotatable bonds is 5. The van der Waals surface area contributed by atoms with Gasteiger partial charge in [0, 0.05) is 23.2 Å². The molecular weight excluding hydrogens is 260 g/mol. The third-order valence-electron chi connectivity index (χ3n) is 2.97. The molecular formula is C15H17ClN2O. The maximum atomic E-state index is 11.9. The number of carbonyl (C=O) groups is 1. The molecule has 0 bridgehead atoms. The third-order valence-corrected chi connectivity index (χ3v) is 3.21. The molecule has 3 nitrogen and oxygen atoms in total. The van der Waals surface area contributed by atoms with Crippen molar-refractivity contribution in [2.24, 2.45) is 0 Å². The van der Waals surface area contributed by atoms with Crippen molar-refractivity contribution in [3.63, 3.8) is 0 Å². The fraction of sp³-hybridized carbons (Fsp3) is 0.333. The van der Waals surface area contributed by atoms with Gasteiger partial charge in [-0.15, -0.1) is 0 Å². The van der Waals surface area contributed by atoms with Crippen molar-refractivity contribution in [1.82, 2.24) is 10.3 Å². The molecule has 4 heteroatoms. The quantitative estimate of drug-likeness (QED) is 0.844. The Bertz CT molecular complexity index is 583. The van der Waals surface area contributed by atoms with E-state index in [2.05, 4.69) is 17.2 Å². The Morgan fingerprint density at radius 3 is 2.95 bits per heavy atom. The Labute approximate surface area is 118 Å². The molecule has 0 saturated carbocycles. The van der Waals surface area contributed by atoms with Gasteiger partial charge in [0.1, 0.15) is 0 Å². The normalized spacial score (nSPS) is 10.6. The van der Waals surface area contributed by atoms with E-state index in [1.807, 2.05) is 12.1 Å². The highest BCUT2D eigenvalue weighted by molar-refractivity contribution is 6.31. The number of benzene rings is 1. The molecule has 2 aromatic rings. The maximum Gasteiger partial charge on any atom is 0.252 e. The van der Waals surface area contributed by atoms with E-state index in [1.165, 1.54) is 0 Å². The summed E-state index contributed by atoms with van der Waals surface area (Å²) in [5.41, 5.74) is 1.39. The molecule has 0 aliphatic carbocycles. The van der Waals surface area contributed by atoms with Crippen LogP contribution in [0.15, 0.2) is 30.5 Å². The average molecular weight is 277 g/mol. The number of nitrogens with zero attached hydrogens (tertiary/aromatic N) is 1. The summed E-state index contributed by atoms with van der Waals surface area (Å²) in [6.07, 6.45) is 4.88. The average Bonchev–Trinajstić information content (AvgIpc) is 2.42. The fourth-order valence-corrected chi connectivity index (χ4v) is 2.06. The molecule has 0 atom stereocenters. The van der Waals surface area contributed by atoms with Gasteiger partial charge >= 0.3 is 0 Å². The van der Waals surface area contributed by atoms with Crippen LogP contribution in [0, 0.1) is 0 Å². The van der Waals surface area contributed by atoms with E-state index in [4.69, 9.17) is 11.6 Å². The van der Waals surface area contributed by atoms with Crippen LogP contribution in [0.1, 0.15) is 36.5 Å². The van der Waals surface area contributed by atoms with Gasteiger partial charge in [0.25, 0.3) is 5.91 Å². The molecule has 0 saturated heterocycles. The van der Waals surface area contributed by atoms with Crippen LogP contribution in [0.5, 0.6) is 0 Å². The fourth-order valence-electron chi connectivity index (χ4n) is 1.90. The standard InChI is InChI=1S/C15H17ClN2O/c1-2-3-4-7-17-15(19)12-8-11-5-6-13(16)9-14(11)18-10-12/h5-6,8-10H,2-4,7H2,1H3,(H,17,19).